The van der Waals surface area contributed by atoms with Gasteiger partial charge in [0.2, 0.25) is 5.50 Å². The summed E-state index contributed by atoms with van der Waals surface area (Å²) in [5.74, 6) is -0.653. The summed E-state index contributed by atoms with van der Waals surface area (Å²) in [5.41, 5.74) is 0.171. The van der Waals surface area contributed by atoms with E-state index in [4.69, 9.17) is 25.4 Å². The monoisotopic (exact) mass is 332 g/mol. The number of carbonyl (C=O) groups excluding carboxylic acids is 1. The first kappa shape index (κ1) is 17.9. The molecule has 0 aliphatic rings. The smallest absolute Gasteiger partial charge is 0.396 e. The number of hydrogen-bond donors (Lipinski definition) is 0. The highest BCUT2D eigenvalue weighted by atomic mass is 35.5. The van der Waals surface area contributed by atoms with Crippen molar-refractivity contribution in [3.8, 4) is 0 Å². The second-order valence-corrected chi connectivity index (χ2v) is 6.24. The van der Waals surface area contributed by atoms with E-state index in [1.165, 1.54) is 18.2 Å². The molecule has 0 bridgehead atoms. The molecule has 0 atom stereocenters. The summed E-state index contributed by atoms with van der Waals surface area (Å²) in [4.78, 5) is 12.0. The Morgan fingerprint density at radius 2 is 1.71 bits per heavy atom. The molecule has 0 radical (unpaired) electrons. The lowest BCUT2D eigenvalue weighted by molar-refractivity contribution is 0.0626. The maximum Gasteiger partial charge on any atom is 0.396 e. The Morgan fingerprint density at radius 3 is 2.14 bits per heavy atom. The third-order valence-corrected chi connectivity index (χ3v) is 4.73. The lowest BCUT2D eigenvalue weighted by atomic mass is 10.2. The first-order valence-electron chi connectivity index (χ1n) is 6.50. The van der Waals surface area contributed by atoms with Crippen LogP contribution in [0, 0.1) is 0 Å². The fourth-order valence-corrected chi connectivity index (χ4v) is 3.16. The van der Waals surface area contributed by atoms with Gasteiger partial charge in [-0.05, 0) is 51.1 Å². The molecule has 0 aliphatic heterocycles. The lowest BCUT2D eigenvalue weighted by Crippen LogP contribution is -2.08. The number of benzene rings is 1. The molecule has 116 valence electrons. The van der Waals surface area contributed by atoms with E-state index in [0.717, 1.165) is 0 Å². The summed E-state index contributed by atoms with van der Waals surface area (Å²) in [7, 11) is -3.62. The van der Waals surface area contributed by atoms with Crippen LogP contribution in [0.25, 0.3) is 0 Å². The molecule has 7 heteroatoms. The molecule has 0 N–H and O–H groups in total. The molecular formula is C14H18ClO5P. The largest absolute Gasteiger partial charge is 0.415 e. The van der Waals surface area contributed by atoms with Gasteiger partial charge >= 0.3 is 13.6 Å². The lowest BCUT2D eigenvalue weighted by Gasteiger charge is -2.19. The Kier molecular flexibility index (Phi) is 7.12. The molecule has 1 rings (SSSR count). The predicted octanol–water partition coefficient (Wildman–Crippen LogP) is 4.62. The highest BCUT2D eigenvalue weighted by Gasteiger charge is 2.33. The predicted molar refractivity (Wildman–Crippen MR) is 81.5 cm³/mol. The molecule has 0 unspecified atom stereocenters. The number of allylic oxidation sites excluding steroid dienone is 1. The molecule has 21 heavy (non-hydrogen) atoms. The van der Waals surface area contributed by atoms with Crippen molar-refractivity contribution in [3.63, 3.8) is 0 Å². The quantitative estimate of drug-likeness (QED) is 0.414. The van der Waals surface area contributed by atoms with Crippen LogP contribution in [-0.4, -0.2) is 19.2 Å². The molecule has 0 saturated carbocycles. The van der Waals surface area contributed by atoms with Gasteiger partial charge in [0, 0.05) is 5.02 Å². The van der Waals surface area contributed by atoms with Crippen molar-refractivity contribution in [2.45, 2.75) is 20.8 Å². The van der Waals surface area contributed by atoms with Crippen molar-refractivity contribution < 1.29 is 23.1 Å². The summed E-state index contributed by atoms with van der Waals surface area (Å²) >= 11 is 5.76. The van der Waals surface area contributed by atoms with Crippen molar-refractivity contribution in [1.82, 2.24) is 0 Å². The number of esters is 1. The van der Waals surface area contributed by atoms with Gasteiger partial charge < -0.3 is 13.8 Å². The van der Waals surface area contributed by atoms with Gasteiger partial charge in [0.15, 0.2) is 0 Å². The van der Waals surface area contributed by atoms with Gasteiger partial charge in [-0.1, -0.05) is 11.6 Å². The van der Waals surface area contributed by atoms with Crippen molar-refractivity contribution in [1.29, 1.82) is 0 Å². The minimum atomic E-state index is -3.62. The molecule has 0 saturated heterocycles. The number of rotatable bonds is 7. The highest BCUT2D eigenvalue weighted by molar-refractivity contribution is 7.58. The van der Waals surface area contributed by atoms with Gasteiger partial charge in [-0.25, -0.2) is 4.79 Å². The Morgan fingerprint density at radius 1 is 1.19 bits per heavy atom. The van der Waals surface area contributed by atoms with E-state index in [-0.39, 0.29) is 18.7 Å². The summed E-state index contributed by atoms with van der Waals surface area (Å²) in [6.45, 7) is 5.30. The minimum absolute atomic E-state index is 0.119. The van der Waals surface area contributed by atoms with E-state index in [2.05, 4.69) is 0 Å². The summed E-state index contributed by atoms with van der Waals surface area (Å²) in [6.07, 6.45) is 1.40. The second-order valence-electron chi connectivity index (χ2n) is 3.86. The number of hydrogen-bond acceptors (Lipinski definition) is 5. The summed E-state index contributed by atoms with van der Waals surface area (Å²) < 4.78 is 28.0. The number of halogens is 1. The van der Waals surface area contributed by atoms with E-state index >= 15 is 0 Å². The first-order valence-corrected chi connectivity index (χ1v) is 8.42. The van der Waals surface area contributed by atoms with Crippen LogP contribution in [0.1, 0.15) is 31.1 Å². The third kappa shape index (κ3) is 4.97. The van der Waals surface area contributed by atoms with Crippen LogP contribution in [0.4, 0.5) is 0 Å². The zero-order valence-corrected chi connectivity index (χ0v) is 13.8. The van der Waals surface area contributed by atoms with Crippen LogP contribution >= 0.6 is 19.2 Å². The average molecular weight is 333 g/mol. The van der Waals surface area contributed by atoms with Crippen LogP contribution < -0.4 is 0 Å². The fraction of sp³-hybridized carbons (Fsp3) is 0.357. The van der Waals surface area contributed by atoms with Crippen LogP contribution in [0.15, 0.2) is 35.8 Å². The molecule has 0 spiro atoms. The van der Waals surface area contributed by atoms with Gasteiger partial charge in [0.1, 0.15) is 0 Å². The van der Waals surface area contributed by atoms with E-state index in [0.29, 0.717) is 10.6 Å². The van der Waals surface area contributed by atoms with Crippen molar-refractivity contribution in [2.75, 3.05) is 13.2 Å². The molecule has 0 fully saturated rings. The van der Waals surface area contributed by atoms with Gasteiger partial charge in [0.05, 0.1) is 18.8 Å². The van der Waals surface area contributed by atoms with Gasteiger partial charge in [0.25, 0.3) is 0 Å². The molecular weight excluding hydrogens is 315 g/mol. The van der Waals surface area contributed by atoms with Crippen LogP contribution in [-0.2, 0) is 18.3 Å². The topological polar surface area (TPSA) is 61.8 Å². The van der Waals surface area contributed by atoms with Crippen molar-refractivity contribution in [2.24, 2.45) is 0 Å². The highest BCUT2D eigenvalue weighted by Crippen LogP contribution is 2.56. The average Bonchev–Trinajstić information content (AvgIpc) is 2.45. The standard InChI is InChI=1S/C14H18ClO5P/c1-4-13(21(17,18-5-2)19-6-3)20-14(16)11-7-9-12(15)10-8-11/h4,7-10H,5-6H2,1-3H3/b13-4+. The normalized spacial score (nSPS) is 12.3. The molecule has 0 aromatic heterocycles. The maximum absolute atomic E-state index is 12.6. The summed E-state index contributed by atoms with van der Waals surface area (Å²) in [5, 5.41) is 0.507. The van der Waals surface area contributed by atoms with Gasteiger partial charge in [-0.2, -0.15) is 0 Å². The fourth-order valence-electron chi connectivity index (χ4n) is 1.52. The van der Waals surface area contributed by atoms with E-state index in [9.17, 15) is 9.36 Å². The van der Waals surface area contributed by atoms with Crippen LogP contribution in [0.3, 0.4) is 0 Å². The Labute approximate surface area is 129 Å². The van der Waals surface area contributed by atoms with E-state index < -0.39 is 13.6 Å². The SMILES string of the molecule is C/C=C(\OC(=O)c1ccc(Cl)cc1)P(=O)(OCC)OCC. The van der Waals surface area contributed by atoms with Crippen LogP contribution in [0.5, 0.6) is 0 Å². The van der Waals surface area contributed by atoms with E-state index in [1.54, 1.807) is 32.9 Å². The second kappa shape index (κ2) is 8.35. The van der Waals surface area contributed by atoms with Gasteiger partial charge in [-0.15, -0.1) is 0 Å². The molecule has 1 aromatic carbocycles. The Balaban J connectivity index is 2.93. The number of ether oxygens (including phenoxy) is 1. The summed E-state index contributed by atoms with van der Waals surface area (Å²) in [6, 6.07) is 6.17. The van der Waals surface area contributed by atoms with Crippen molar-refractivity contribution in [3.05, 3.63) is 46.4 Å². The molecule has 5 nitrogen and oxygen atoms in total. The van der Waals surface area contributed by atoms with Crippen molar-refractivity contribution >= 4 is 25.2 Å². The van der Waals surface area contributed by atoms with Crippen LogP contribution in [0.2, 0.25) is 5.02 Å². The molecule has 1 aromatic rings. The zero-order valence-electron chi connectivity index (χ0n) is 12.2. The first-order chi connectivity index (χ1) is 9.96. The molecule has 0 heterocycles. The zero-order chi connectivity index (χ0) is 15.9. The van der Waals surface area contributed by atoms with E-state index in [1.807, 2.05) is 0 Å². The molecule has 0 amide bonds. The Hall–Kier alpha value is -1.13. The Bertz CT molecular complexity index is 543. The number of carbonyl (C=O) groups is 1. The maximum atomic E-state index is 12.6. The third-order valence-electron chi connectivity index (χ3n) is 2.39. The minimum Gasteiger partial charge on any atom is -0.415 e. The van der Waals surface area contributed by atoms with Gasteiger partial charge in [-0.3, -0.25) is 4.57 Å². The molecule has 0 aliphatic carbocycles.